The smallest absolute Gasteiger partial charge is 0.331 e. The third-order valence-corrected chi connectivity index (χ3v) is 2.23. The third-order valence-electron chi connectivity index (χ3n) is 2.23. The molecule has 0 aromatic carbocycles. The highest BCUT2D eigenvalue weighted by Crippen LogP contribution is 2.00. The lowest BCUT2D eigenvalue weighted by atomic mass is 10.2. The van der Waals surface area contributed by atoms with Crippen LogP contribution in [0.1, 0.15) is 13.3 Å². The second-order valence-electron chi connectivity index (χ2n) is 3.95. The summed E-state index contributed by atoms with van der Waals surface area (Å²) < 4.78 is 0. The van der Waals surface area contributed by atoms with Gasteiger partial charge in [-0.15, -0.1) is 0 Å². The van der Waals surface area contributed by atoms with Crippen molar-refractivity contribution in [3.8, 4) is 0 Å². The molecule has 0 heterocycles. The van der Waals surface area contributed by atoms with Gasteiger partial charge in [0.05, 0.1) is 0 Å². The molecular weight excluding hydrogens is 192 g/mol. The van der Waals surface area contributed by atoms with Crippen LogP contribution in [0.2, 0.25) is 0 Å². The standard InChI is InChI=1S/C11H22N2O2/c1-5-10(11(14)15)6-7-13(4)9-8-12(2)3/h6H,5,7-9H2,1-4H3,(H,14,15). The van der Waals surface area contributed by atoms with Crippen molar-refractivity contribution in [3.05, 3.63) is 11.6 Å². The number of rotatable bonds is 7. The van der Waals surface area contributed by atoms with Gasteiger partial charge in [0, 0.05) is 25.2 Å². The second kappa shape index (κ2) is 7.43. The van der Waals surface area contributed by atoms with E-state index in [1.165, 1.54) is 0 Å². The first-order chi connectivity index (χ1) is 6.97. The van der Waals surface area contributed by atoms with Gasteiger partial charge in [-0.2, -0.15) is 0 Å². The van der Waals surface area contributed by atoms with Gasteiger partial charge in [-0.3, -0.25) is 0 Å². The van der Waals surface area contributed by atoms with Crippen molar-refractivity contribution in [1.29, 1.82) is 0 Å². The van der Waals surface area contributed by atoms with Crippen LogP contribution in [0.3, 0.4) is 0 Å². The summed E-state index contributed by atoms with van der Waals surface area (Å²) in [6.45, 7) is 4.49. The molecule has 0 spiro atoms. The first kappa shape index (κ1) is 14.1. The highest BCUT2D eigenvalue weighted by Gasteiger charge is 2.04. The molecule has 4 nitrogen and oxygen atoms in total. The number of aliphatic carboxylic acids is 1. The van der Waals surface area contributed by atoms with Crippen molar-refractivity contribution in [2.24, 2.45) is 0 Å². The van der Waals surface area contributed by atoms with E-state index in [0.29, 0.717) is 18.5 Å². The van der Waals surface area contributed by atoms with Crippen molar-refractivity contribution in [2.45, 2.75) is 13.3 Å². The number of likely N-dealkylation sites (N-methyl/N-ethyl adjacent to an activating group) is 2. The Balaban J connectivity index is 3.95. The minimum Gasteiger partial charge on any atom is -0.478 e. The van der Waals surface area contributed by atoms with E-state index in [2.05, 4.69) is 9.80 Å². The van der Waals surface area contributed by atoms with Crippen LogP contribution in [0.4, 0.5) is 0 Å². The lowest BCUT2D eigenvalue weighted by molar-refractivity contribution is -0.132. The van der Waals surface area contributed by atoms with Gasteiger partial charge in [-0.1, -0.05) is 13.0 Å². The van der Waals surface area contributed by atoms with Crippen LogP contribution in [-0.4, -0.2) is 61.7 Å². The third kappa shape index (κ3) is 7.11. The maximum absolute atomic E-state index is 10.7. The van der Waals surface area contributed by atoms with Crippen molar-refractivity contribution in [1.82, 2.24) is 9.80 Å². The molecule has 0 aliphatic heterocycles. The quantitative estimate of drug-likeness (QED) is 0.640. The largest absolute Gasteiger partial charge is 0.478 e. The molecular formula is C11H22N2O2. The summed E-state index contributed by atoms with van der Waals surface area (Å²) in [5.41, 5.74) is 0.492. The maximum atomic E-state index is 10.7. The normalized spacial score (nSPS) is 12.5. The van der Waals surface area contributed by atoms with Gasteiger partial charge in [0.1, 0.15) is 0 Å². The number of hydrogen-bond acceptors (Lipinski definition) is 3. The van der Waals surface area contributed by atoms with Crippen molar-refractivity contribution < 1.29 is 9.90 Å². The molecule has 88 valence electrons. The molecule has 4 heteroatoms. The van der Waals surface area contributed by atoms with Gasteiger partial charge < -0.3 is 14.9 Å². The zero-order valence-electron chi connectivity index (χ0n) is 10.2. The fourth-order valence-corrected chi connectivity index (χ4v) is 1.11. The van der Waals surface area contributed by atoms with Crippen molar-refractivity contribution in [3.63, 3.8) is 0 Å². The summed E-state index contributed by atoms with van der Waals surface area (Å²) in [7, 11) is 6.05. The predicted molar refractivity (Wildman–Crippen MR) is 62.1 cm³/mol. The molecule has 1 N–H and O–H groups in total. The maximum Gasteiger partial charge on any atom is 0.331 e. The summed E-state index contributed by atoms with van der Waals surface area (Å²) in [5.74, 6) is -0.807. The Morgan fingerprint density at radius 1 is 1.27 bits per heavy atom. The molecule has 0 aromatic rings. The van der Waals surface area contributed by atoms with Gasteiger partial charge in [-0.05, 0) is 27.6 Å². The average molecular weight is 214 g/mol. The van der Waals surface area contributed by atoms with Crippen LogP contribution in [0.5, 0.6) is 0 Å². The fraction of sp³-hybridized carbons (Fsp3) is 0.727. The van der Waals surface area contributed by atoms with E-state index in [-0.39, 0.29) is 0 Å². The zero-order chi connectivity index (χ0) is 11.8. The van der Waals surface area contributed by atoms with Crippen LogP contribution in [0.25, 0.3) is 0 Å². The summed E-state index contributed by atoms with van der Waals surface area (Å²) in [6, 6.07) is 0. The molecule has 0 aliphatic carbocycles. The minimum atomic E-state index is -0.807. The monoisotopic (exact) mass is 214 g/mol. The molecule has 15 heavy (non-hydrogen) atoms. The SMILES string of the molecule is CCC(=CCN(C)CCN(C)C)C(=O)O. The highest BCUT2D eigenvalue weighted by atomic mass is 16.4. The van der Waals surface area contributed by atoms with Crippen LogP contribution >= 0.6 is 0 Å². The molecule has 0 atom stereocenters. The summed E-state index contributed by atoms with van der Waals surface area (Å²) >= 11 is 0. The molecule has 0 bridgehead atoms. The predicted octanol–water partition coefficient (Wildman–Crippen LogP) is 0.901. The number of hydrogen-bond donors (Lipinski definition) is 1. The van der Waals surface area contributed by atoms with E-state index in [4.69, 9.17) is 5.11 Å². The Kier molecular flexibility index (Phi) is 6.99. The second-order valence-corrected chi connectivity index (χ2v) is 3.95. The lowest BCUT2D eigenvalue weighted by Crippen LogP contribution is -2.29. The Bertz CT molecular complexity index is 225. The summed E-state index contributed by atoms with van der Waals surface area (Å²) in [6.07, 6.45) is 2.37. The van der Waals surface area contributed by atoms with Gasteiger partial charge in [-0.25, -0.2) is 4.79 Å². The number of carbonyl (C=O) groups is 1. The van der Waals surface area contributed by atoms with E-state index in [9.17, 15) is 4.79 Å². The fourth-order valence-electron chi connectivity index (χ4n) is 1.11. The highest BCUT2D eigenvalue weighted by molar-refractivity contribution is 5.86. The molecule has 0 amide bonds. The van der Waals surface area contributed by atoms with E-state index in [1.54, 1.807) is 6.08 Å². The Morgan fingerprint density at radius 3 is 2.27 bits per heavy atom. The van der Waals surface area contributed by atoms with Gasteiger partial charge in [0.25, 0.3) is 0 Å². The molecule has 0 saturated carbocycles. The molecule has 0 aliphatic rings. The van der Waals surface area contributed by atoms with Gasteiger partial charge in [0.2, 0.25) is 0 Å². The molecule has 0 fully saturated rings. The van der Waals surface area contributed by atoms with E-state index in [0.717, 1.165) is 13.1 Å². The number of carboxylic acid groups (broad SMARTS) is 1. The lowest BCUT2D eigenvalue weighted by Gasteiger charge is -2.17. The van der Waals surface area contributed by atoms with E-state index in [1.807, 2.05) is 28.1 Å². The molecule has 0 unspecified atom stereocenters. The zero-order valence-corrected chi connectivity index (χ0v) is 10.2. The van der Waals surface area contributed by atoms with Crippen LogP contribution in [0.15, 0.2) is 11.6 Å². The Hall–Kier alpha value is -0.870. The first-order valence-electron chi connectivity index (χ1n) is 5.23. The van der Waals surface area contributed by atoms with Gasteiger partial charge in [0.15, 0.2) is 0 Å². The molecule has 0 radical (unpaired) electrons. The van der Waals surface area contributed by atoms with Crippen molar-refractivity contribution >= 4 is 5.97 Å². The minimum absolute atomic E-state index is 0.492. The van der Waals surface area contributed by atoms with E-state index >= 15 is 0 Å². The number of carboxylic acids is 1. The topological polar surface area (TPSA) is 43.8 Å². The summed E-state index contributed by atoms with van der Waals surface area (Å²) in [4.78, 5) is 14.9. The molecule has 0 rings (SSSR count). The van der Waals surface area contributed by atoms with Crippen LogP contribution in [0, 0.1) is 0 Å². The Morgan fingerprint density at radius 2 is 1.87 bits per heavy atom. The van der Waals surface area contributed by atoms with Crippen molar-refractivity contribution in [2.75, 3.05) is 40.8 Å². The van der Waals surface area contributed by atoms with Crippen LogP contribution < -0.4 is 0 Å². The molecule has 0 saturated heterocycles. The van der Waals surface area contributed by atoms with Gasteiger partial charge >= 0.3 is 5.97 Å². The average Bonchev–Trinajstić information content (AvgIpc) is 2.15. The Labute approximate surface area is 92.2 Å². The number of nitrogens with zero attached hydrogens (tertiary/aromatic N) is 2. The van der Waals surface area contributed by atoms with Crippen LogP contribution in [-0.2, 0) is 4.79 Å². The summed E-state index contributed by atoms with van der Waals surface area (Å²) in [5, 5.41) is 8.81. The van der Waals surface area contributed by atoms with E-state index < -0.39 is 5.97 Å². The molecule has 0 aromatic heterocycles. The first-order valence-corrected chi connectivity index (χ1v) is 5.23.